The zero-order valence-corrected chi connectivity index (χ0v) is 11.6. The van der Waals surface area contributed by atoms with Crippen LogP contribution in [-0.4, -0.2) is 58.7 Å². The third-order valence-electron chi connectivity index (χ3n) is 2.86. The molecule has 1 aliphatic rings. The van der Waals surface area contributed by atoms with E-state index in [0.717, 1.165) is 12.8 Å². The highest BCUT2D eigenvalue weighted by Crippen LogP contribution is 2.11. The fourth-order valence-electron chi connectivity index (χ4n) is 1.93. The van der Waals surface area contributed by atoms with E-state index in [4.69, 9.17) is 4.74 Å². The molecule has 1 rings (SSSR count). The van der Waals surface area contributed by atoms with Gasteiger partial charge < -0.3 is 15.4 Å². The van der Waals surface area contributed by atoms with Crippen molar-refractivity contribution >= 4 is 15.7 Å². The molecule has 0 bridgehead atoms. The van der Waals surface area contributed by atoms with Crippen molar-refractivity contribution in [2.45, 2.75) is 25.3 Å². The molecule has 0 spiro atoms. The summed E-state index contributed by atoms with van der Waals surface area (Å²) in [6.45, 7) is 1.37. The average molecular weight is 278 g/mol. The molecule has 0 saturated carbocycles. The highest BCUT2D eigenvalue weighted by Gasteiger charge is 2.24. The number of ether oxygens (including phenoxy) is 1. The molecule has 2 N–H and O–H groups in total. The lowest BCUT2D eigenvalue weighted by atomic mass is 10.2. The molecular formula is C11H22N2O4S. The molecule has 1 heterocycles. The number of methoxy groups -OCH3 is 1. The van der Waals surface area contributed by atoms with Gasteiger partial charge in [-0.2, -0.15) is 0 Å². The molecule has 0 aromatic rings. The fourth-order valence-corrected chi connectivity index (χ4v) is 3.60. The summed E-state index contributed by atoms with van der Waals surface area (Å²) in [5.41, 5.74) is 0. The molecular weight excluding hydrogens is 256 g/mol. The summed E-state index contributed by atoms with van der Waals surface area (Å²) in [5, 5.41) is 5.74. The lowest BCUT2D eigenvalue weighted by Crippen LogP contribution is -2.44. The van der Waals surface area contributed by atoms with Crippen molar-refractivity contribution in [2.75, 3.05) is 38.3 Å². The molecule has 7 heteroatoms. The van der Waals surface area contributed by atoms with Crippen molar-refractivity contribution in [1.82, 2.24) is 10.6 Å². The van der Waals surface area contributed by atoms with Gasteiger partial charge in [-0.1, -0.05) is 0 Å². The molecule has 6 nitrogen and oxygen atoms in total. The first-order valence-electron chi connectivity index (χ1n) is 6.23. The van der Waals surface area contributed by atoms with Crippen LogP contribution in [0.3, 0.4) is 0 Å². The van der Waals surface area contributed by atoms with E-state index in [0.29, 0.717) is 19.6 Å². The summed E-state index contributed by atoms with van der Waals surface area (Å²) in [5.74, 6) is 0.312. The monoisotopic (exact) mass is 278 g/mol. The molecule has 18 heavy (non-hydrogen) atoms. The molecule has 1 atom stereocenters. The lowest BCUT2D eigenvalue weighted by Gasteiger charge is -2.22. The Morgan fingerprint density at radius 3 is 2.89 bits per heavy atom. The maximum Gasteiger partial charge on any atom is 0.233 e. The third kappa shape index (κ3) is 6.32. The highest BCUT2D eigenvalue weighted by molar-refractivity contribution is 7.91. The highest BCUT2D eigenvalue weighted by atomic mass is 32.2. The number of nitrogens with one attached hydrogen (secondary N) is 2. The van der Waals surface area contributed by atoms with Gasteiger partial charge >= 0.3 is 0 Å². The standard InChI is InChI=1S/C11H22N2O4S/c1-17-6-3-5-12-11(14)8-13-10-4-2-7-18(15,16)9-10/h10,13H,2-9H2,1H3,(H,12,14). The first kappa shape index (κ1) is 15.4. The Kier molecular flexibility index (Phi) is 6.59. The largest absolute Gasteiger partial charge is 0.385 e. The van der Waals surface area contributed by atoms with Crippen LogP contribution >= 0.6 is 0 Å². The lowest BCUT2D eigenvalue weighted by molar-refractivity contribution is -0.120. The third-order valence-corrected chi connectivity index (χ3v) is 4.68. The van der Waals surface area contributed by atoms with Crippen LogP contribution in [-0.2, 0) is 19.4 Å². The average Bonchev–Trinajstić information content (AvgIpc) is 2.31. The van der Waals surface area contributed by atoms with E-state index < -0.39 is 9.84 Å². The van der Waals surface area contributed by atoms with E-state index in [-0.39, 0.29) is 30.0 Å². The van der Waals surface area contributed by atoms with Crippen LogP contribution in [0.25, 0.3) is 0 Å². The molecule has 1 unspecified atom stereocenters. The van der Waals surface area contributed by atoms with Gasteiger partial charge in [0, 0.05) is 26.3 Å². The van der Waals surface area contributed by atoms with Crippen LogP contribution in [0, 0.1) is 0 Å². The minimum atomic E-state index is -2.91. The number of sulfone groups is 1. The van der Waals surface area contributed by atoms with Crippen LogP contribution in [0.5, 0.6) is 0 Å². The Morgan fingerprint density at radius 2 is 2.22 bits per heavy atom. The first-order chi connectivity index (χ1) is 8.53. The summed E-state index contributed by atoms with van der Waals surface area (Å²) >= 11 is 0. The number of hydrogen-bond donors (Lipinski definition) is 2. The Bertz CT molecular complexity index is 356. The van der Waals surface area contributed by atoms with Gasteiger partial charge in [0.1, 0.15) is 0 Å². The van der Waals surface area contributed by atoms with Crippen molar-refractivity contribution in [3.8, 4) is 0 Å². The van der Waals surface area contributed by atoms with Gasteiger partial charge in [0.15, 0.2) is 9.84 Å². The maximum absolute atomic E-state index is 11.4. The summed E-state index contributed by atoms with van der Waals surface area (Å²) in [6, 6.07) is -0.0894. The first-order valence-corrected chi connectivity index (χ1v) is 8.05. The zero-order valence-electron chi connectivity index (χ0n) is 10.8. The minimum Gasteiger partial charge on any atom is -0.385 e. The molecule has 1 fully saturated rings. The Labute approximate surface area is 108 Å². The molecule has 1 saturated heterocycles. The van der Waals surface area contributed by atoms with Crippen LogP contribution in [0.2, 0.25) is 0 Å². The number of hydrogen-bond acceptors (Lipinski definition) is 5. The van der Waals surface area contributed by atoms with Gasteiger partial charge in [0.2, 0.25) is 5.91 Å². The van der Waals surface area contributed by atoms with Crippen molar-refractivity contribution in [3.63, 3.8) is 0 Å². The molecule has 0 radical (unpaired) electrons. The van der Waals surface area contributed by atoms with Crippen molar-refractivity contribution in [3.05, 3.63) is 0 Å². The van der Waals surface area contributed by atoms with E-state index in [2.05, 4.69) is 10.6 Å². The normalized spacial score (nSPS) is 22.6. The predicted molar refractivity (Wildman–Crippen MR) is 69.2 cm³/mol. The van der Waals surface area contributed by atoms with Crippen LogP contribution < -0.4 is 10.6 Å². The van der Waals surface area contributed by atoms with Crippen LogP contribution in [0.4, 0.5) is 0 Å². The second kappa shape index (κ2) is 7.70. The molecule has 1 amide bonds. The smallest absolute Gasteiger partial charge is 0.233 e. The topological polar surface area (TPSA) is 84.5 Å². The van der Waals surface area contributed by atoms with Crippen molar-refractivity contribution < 1.29 is 17.9 Å². The minimum absolute atomic E-state index is 0.0894. The maximum atomic E-state index is 11.4. The number of carbonyl (C=O) groups is 1. The van der Waals surface area contributed by atoms with Crippen molar-refractivity contribution in [2.24, 2.45) is 0 Å². The summed E-state index contributed by atoms with van der Waals surface area (Å²) in [4.78, 5) is 11.4. The SMILES string of the molecule is COCCCNC(=O)CNC1CCCS(=O)(=O)C1. The van der Waals surface area contributed by atoms with Crippen LogP contribution in [0.1, 0.15) is 19.3 Å². The molecule has 106 valence electrons. The quantitative estimate of drug-likeness (QED) is 0.602. The van der Waals surface area contributed by atoms with E-state index >= 15 is 0 Å². The predicted octanol–water partition coefficient (Wildman–Crippen LogP) is -0.694. The molecule has 0 aromatic heterocycles. The van der Waals surface area contributed by atoms with E-state index in [1.807, 2.05) is 0 Å². The van der Waals surface area contributed by atoms with Gasteiger partial charge in [-0.15, -0.1) is 0 Å². The number of carbonyl (C=O) groups excluding carboxylic acids is 1. The molecule has 0 aromatic carbocycles. The molecule has 0 aliphatic carbocycles. The van der Waals surface area contributed by atoms with Gasteiger partial charge in [0.25, 0.3) is 0 Å². The number of rotatable bonds is 7. The van der Waals surface area contributed by atoms with Gasteiger partial charge in [0.05, 0.1) is 18.1 Å². The van der Waals surface area contributed by atoms with Gasteiger partial charge in [-0.25, -0.2) is 8.42 Å². The number of amides is 1. The van der Waals surface area contributed by atoms with Crippen LogP contribution in [0.15, 0.2) is 0 Å². The Morgan fingerprint density at radius 1 is 1.44 bits per heavy atom. The summed E-state index contributed by atoms with van der Waals surface area (Å²) in [7, 11) is -1.30. The summed E-state index contributed by atoms with van der Waals surface area (Å²) in [6.07, 6.45) is 2.27. The Hall–Kier alpha value is -0.660. The zero-order chi connectivity index (χ0) is 13.4. The summed E-state index contributed by atoms with van der Waals surface area (Å²) < 4.78 is 27.7. The van der Waals surface area contributed by atoms with Gasteiger partial charge in [-0.05, 0) is 19.3 Å². The van der Waals surface area contributed by atoms with E-state index in [1.165, 1.54) is 0 Å². The van der Waals surface area contributed by atoms with Gasteiger partial charge in [-0.3, -0.25) is 4.79 Å². The second-order valence-electron chi connectivity index (χ2n) is 4.53. The fraction of sp³-hybridized carbons (Fsp3) is 0.909. The Balaban J connectivity index is 2.14. The van der Waals surface area contributed by atoms with E-state index in [9.17, 15) is 13.2 Å². The van der Waals surface area contributed by atoms with Crippen molar-refractivity contribution in [1.29, 1.82) is 0 Å². The van der Waals surface area contributed by atoms with E-state index in [1.54, 1.807) is 7.11 Å². The molecule has 1 aliphatic heterocycles. The second-order valence-corrected chi connectivity index (χ2v) is 6.76.